The maximum atomic E-state index is 11.5. The fourth-order valence-corrected chi connectivity index (χ4v) is 1.60. The first-order chi connectivity index (χ1) is 8.72. The van der Waals surface area contributed by atoms with Gasteiger partial charge in [0.1, 0.15) is 0 Å². The predicted molar refractivity (Wildman–Crippen MR) is 77.0 cm³/mol. The largest absolute Gasteiger partial charge is 0.399 e. The van der Waals surface area contributed by atoms with Crippen molar-refractivity contribution in [2.24, 2.45) is 0 Å². The molecule has 1 rings (SSSR count). The van der Waals surface area contributed by atoms with E-state index < -0.39 is 0 Å². The van der Waals surface area contributed by atoms with Crippen LogP contribution in [0, 0.1) is 0 Å². The smallest absolute Gasteiger partial charge is 0.243 e. The van der Waals surface area contributed by atoms with Gasteiger partial charge in [0, 0.05) is 18.3 Å². The molecule has 0 fully saturated rings. The molecule has 0 unspecified atom stereocenters. The summed E-state index contributed by atoms with van der Waals surface area (Å²) in [5.74, 6) is -0.0386. The van der Waals surface area contributed by atoms with Crippen molar-refractivity contribution < 1.29 is 4.79 Å². The maximum Gasteiger partial charge on any atom is 0.243 e. The highest BCUT2D eigenvalue weighted by Crippen LogP contribution is 2.06. The van der Waals surface area contributed by atoms with Crippen LogP contribution in [-0.4, -0.2) is 12.5 Å². The van der Waals surface area contributed by atoms with Crippen LogP contribution in [0.1, 0.15) is 38.2 Å². The molecule has 1 aromatic rings. The molecule has 1 amide bonds. The van der Waals surface area contributed by atoms with Gasteiger partial charge in [0.05, 0.1) is 0 Å². The average molecular weight is 246 g/mol. The molecule has 0 aliphatic carbocycles. The standard InChI is InChI=1S/C15H22N2O/c1-2-3-4-5-12-17-15(18)11-8-13-6-9-14(16)10-7-13/h6-11H,2-5,12,16H2,1H3,(H,17,18)/b11-8+. The van der Waals surface area contributed by atoms with Crippen LogP contribution in [-0.2, 0) is 4.79 Å². The Kier molecular flexibility index (Phi) is 6.62. The maximum absolute atomic E-state index is 11.5. The summed E-state index contributed by atoms with van der Waals surface area (Å²) in [7, 11) is 0. The van der Waals surface area contributed by atoms with Gasteiger partial charge in [0.15, 0.2) is 0 Å². The molecule has 0 saturated carbocycles. The Balaban J connectivity index is 2.25. The van der Waals surface area contributed by atoms with Gasteiger partial charge in [-0.25, -0.2) is 0 Å². The summed E-state index contributed by atoms with van der Waals surface area (Å²) in [6.07, 6.45) is 8.03. The molecular weight excluding hydrogens is 224 g/mol. The Labute approximate surface area is 109 Å². The van der Waals surface area contributed by atoms with Crippen molar-refractivity contribution >= 4 is 17.7 Å². The molecule has 0 bridgehead atoms. The third-order valence-electron chi connectivity index (χ3n) is 2.69. The third-order valence-corrected chi connectivity index (χ3v) is 2.69. The number of rotatable bonds is 7. The van der Waals surface area contributed by atoms with Gasteiger partial charge < -0.3 is 11.1 Å². The Morgan fingerprint density at radius 1 is 1.22 bits per heavy atom. The number of nitrogen functional groups attached to an aromatic ring is 1. The van der Waals surface area contributed by atoms with E-state index in [1.807, 2.05) is 24.3 Å². The van der Waals surface area contributed by atoms with Gasteiger partial charge in [0.25, 0.3) is 0 Å². The number of carbonyl (C=O) groups excluding carboxylic acids is 1. The fourth-order valence-electron chi connectivity index (χ4n) is 1.60. The van der Waals surface area contributed by atoms with Crippen molar-refractivity contribution in [2.75, 3.05) is 12.3 Å². The fraction of sp³-hybridized carbons (Fsp3) is 0.400. The van der Waals surface area contributed by atoms with E-state index in [0.29, 0.717) is 0 Å². The average Bonchev–Trinajstić information content (AvgIpc) is 2.38. The molecule has 0 spiro atoms. The number of hydrogen-bond donors (Lipinski definition) is 2. The zero-order chi connectivity index (χ0) is 13.2. The van der Waals surface area contributed by atoms with Crippen LogP contribution in [0.25, 0.3) is 6.08 Å². The Morgan fingerprint density at radius 3 is 2.61 bits per heavy atom. The van der Waals surface area contributed by atoms with Crippen molar-refractivity contribution in [1.29, 1.82) is 0 Å². The highest BCUT2D eigenvalue weighted by atomic mass is 16.1. The molecule has 0 aliphatic rings. The summed E-state index contributed by atoms with van der Waals surface area (Å²) in [6.45, 7) is 2.93. The highest BCUT2D eigenvalue weighted by Gasteiger charge is 1.94. The normalized spacial score (nSPS) is 10.7. The zero-order valence-electron chi connectivity index (χ0n) is 11.0. The number of nitrogens with one attached hydrogen (secondary N) is 1. The summed E-state index contributed by atoms with van der Waals surface area (Å²) < 4.78 is 0. The van der Waals surface area contributed by atoms with Crippen molar-refractivity contribution in [3.63, 3.8) is 0 Å². The topological polar surface area (TPSA) is 55.1 Å². The van der Waals surface area contributed by atoms with E-state index in [1.54, 1.807) is 12.2 Å². The first-order valence-electron chi connectivity index (χ1n) is 6.54. The second kappa shape index (κ2) is 8.34. The van der Waals surface area contributed by atoms with Crippen LogP contribution in [0.2, 0.25) is 0 Å². The van der Waals surface area contributed by atoms with E-state index in [2.05, 4.69) is 12.2 Å². The van der Waals surface area contributed by atoms with Crippen molar-refractivity contribution in [1.82, 2.24) is 5.32 Å². The minimum absolute atomic E-state index is 0.0386. The molecule has 1 aromatic carbocycles. The van der Waals surface area contributed by atoms with Gasteiger partial charge in [-0.2, -0.15) is 0 Å². The second-order valence-corrected chi connectivity index (χ2v) is 4.35. The summed E-state index contributed by atoms with van der Waals surface area (Å²) in [5, 5.41) is 2.87. The zero-order valence-corrected chi connectivity index (χ0v) is 11.0. The number of anilines is 1. The van der Waals surface area contributed by atoms with Crippen LogP contribution in [0.3, 0.4) is 0 Å². The molecule has 3 heteroatoms. The molecule has 0 heterocycles. The van der Waals surface area contributed by atoms with Gasteiger partial charge in [0.2, 0.25) is 5.91 Å². The SMILES string of the molecule is CCCCCCNC(=O)/C=C/c1ccc(N)cc1. The van der Waals surface area contributed by atoms with Crippen LogP contribution in [0.4, 0.5) is 5.69 Å². The number of carbonyl (C=O) groups is 1. The van der Waals surface area contributed by atoms with Crippen LogP contribution in [0.15, 0.2) is 30.3 Å². The minimum atomic E-state index is -0.0386. The minimum Gasteiger partial charge on any atom is -0.399 e. The van der Waals surface area contributed by atoms with Crippen LogP contribution >= 0.6 is 0 Å². The lowest BCUT2D eigenvalue weighted by atomic mass is 10.2. The monoisotopic (exact) mass is 246 g/mol. The summed E-state index contributed by atoms with van der Waals surface area (Å²) >= 11 is 0. The van der Waals surface area contributed by atoms with E-state index in [9.17, 15) is 4.79 Å². The van der Waals surface area contributed by atoms with E-state index in [1.165, 1.54) is 19.3 Å². The Morgan fingerprint density at radius 2 is 1.94 bits per heavy atom. The molecule has 3 N–H and O–H groups in total. The van der Waals surface area contributed by atoms with E-state index in [-0.39, 0.29) is 5.91 Å². The number of nitrogens with two attached hydrogens (primary N) is 1. The van der Waals surface area contributed by atoms with Gasteiger partial charge in [-0.1, -0.05) is 38.3 Å². The highest BCUT2D eigenvalue weighted by molar-refractivity contribution is 5.91. The summed E-state index contributed by atoms with van der Waals surface area (Å²) in [6, 6.07) is 7.42. The van der Waals surface area contributed by atoms with E-state index in [0.717, 1.165) is 24.2 Å². The lowest BCUT2D eigenvalue weighted by Gasteiger charge is -2.01. The molecule has 18 heavy (non-hydrogen) atoms. The number of unbranched alkanes of at least 4 members (excludes halogenated alkanes) is 3. The molecule has 0 atom stereocenters. The first kappa shape index (κ1) is 14.3. The van der Waals surface area contributed by atoms with Gasteiger partial charge in [-0.15, -0.1) is 0 Å². The summed E-state index contributed by atoms with van der Waals surface area (Å²) in [4.78, 5) is 11.5. The molecule has 0 saturated heterocycles. The second-order valence-electron chi connectivity index (χ2n) is 4.35. The molecule has 98 valence electrons. The van der Waals surface area contributed by atoms with E-state index >= 15 is 0 Å². The van der Waals surface area contributed by atoms with Gasteiger partial charge in [-0.3, -0.25) is 4.79 Å². The van der Waals surface area contributed by atoms with Crippen LogP contribution < -0.4 is 11.1 Å². The predicted octanol–water partition coefficient (Wildman–Crippen LogP) is 2.98. The summed E-state index contributed by atoms with van der Waals surface area (Å²) in [5.41, 5.74) is 7.29. The lowest BCUT2D eigenvalue weighted by Crippen LogP contribution is -2.21. The van der Waals surface area contributed by atoms with Crippen molar-refractivity contribution in [3.8, 4) is 0 Å². The molecule has 0 aliphatic heterocycles. The van der Waals surface area contributed by atoms with Gasteiger partial charge in [-0.05, 0) is 30.2 Å². The Hall–Kier alpha value is -1.77. The van der Waals surface area contributed by atoms with Crippen molar-refractivity contribution in [2.45, 2.75) is 32.6 Å². The molecule has 3 nitrogen and oxygen atoms in total. The first-order valence-corrected chi connectivity index (χ1v) is 6.54. The number of hydrogen-bond acceptors (Lipinski definition) is 2. The molecular formula is C15H22N2O. The number of benzene rings is 1. The quantitative estimate of drug-likeness (QED) is 0.441. The van der Waals surface area contributed by atoms with E-state index in [4.69, 9.17) is 5.73 Å². The number of amides is 1. The molecule has 0 aromatic heterocycles. The molecule has 0 radical (unpaired) electrons. The lowest BCUT2D eigenvalue weighted by molar-refractivity contribution is -0.116. The Bertz CT molecular complexity index is 382. The van der Waals surface area contributed by atoms with Gasteiger partial charge >= 0.3 is 0 Å². The third kappa shape index (κ3) is 6.09. The van der Waals surface area contributed by atoms with Crippen molar-refractivity contribution in [3.05, 3.63) is 35.9 Å². The van der Waals surface area contributed by atoms with Crippen LogP contribution in [0.5, 0.6) is 0 Å².